The second-order valence-corrected chi connectivity index (χ2v) is 3.50. The molecule has 1 unspecified atom stereocenters. The van der Waals surface area contributed by atoms with Crippen molar-refractivity contribution in [2.24, 2.45) is 0 Å². The largest absolute Gasteiger partial charge is 0.0973 e. The van der Waals surface area contributed by atoms with Crippen LogP contribution in [0.15, 0.2) is 18.2 Å². The van der Waals surface area contributed by atoms with Gasteiger partial charge in [0.1, 0.15) is 0 Å². The van der Waals surface area contributed by atoms with E-state index in [4.69, 9.17) is 0 Å². The smallest absolute Gasteiger partial charge is 0.0280 e. The second-order valence-electron chi connectivity index (χ2n) is 3.50. The minimum absolute atomic E-state index is 0.612. The Labute approximate surface area is 73.6 Å². The van der Waals surface area contributed by atoms with E-state index in [0.717, 1.165) is 6.42 Å². The Morgan fingerprint density at radius 3 is 3.08 bits per heavy atom. The molecular formula is C12H12. The molecule has 0 heterocycles. The van der Waals surface area contributed by atoms with Gasteiger partial charge >= 0.3 is 0 Å². The van der Waals surface area contributed by atoms with Gasteiger partial charge in [0.15, 0.2) is 0 Å². The van der Waals surface area contributed by atoms with Gasteiger partial charge in [0.05, 0.1) is 0 Å². The predicted octanol–water partition coefficient (Wildman–Crippen LogP) is 2.85. The summed E-state index contributed by atoms with van der Waals surface area (Å²) < 4.78 is 0. The van der Waals surface area contributed by atoms with Crippen LogP contribution in [-0.4, -0.2) is 0 Å². The van der Waals surface area contributed by atoms with Crippen LogP contribution in [0.4, 0.5) is 0 Å². The first-order valence-corrected chi connectivity index (χ1v) is 4.37. The predicted molar refractivity (Wildman–Crippen MR) is 51.1 cm³/mol. The van der Waals surface area contributed by atoms with Crippen molar-refractivity contribution in [1.82, 2.24) is 0 Å². The van der Waals surface area contributed by atoms with Crippen molar-refractivity contribution in [3.63, 3.8) is 0 Å². The summed E-state index contributed by atoms with van der Waals surface area (Å²) in [6, 6.07) is 6.52. The molecule has 0 nitrogen and oxygen atoms in total. The molecule has 0 bridgehead atoms. The van der Waals surface area contributed by atoms with Crippen LogP contribution in [0.5, 0.6) is 0 Å². The van der Waals surface area contributed by atoms with Crippen molar-refractivity contribution in [2.75, 3.05) is 0 Å². The zero-order valence-corrected chi connectivity index (χ0v) is 7.52. The molecule has 0 heteroatoms. The zero-order valence-electron chi connectivity index (χ0n) is 7.52. The van der Waals surface area contributed by atoms with Crippen LogP contribution < -0.4 is 0 Å². The van der Waals surface area contributed by atoms with Crippen LogP contribution in [0.1, 0.15) is 36.0 Å². The van der Waals surface area contributed by atoms with E-state index in [0.29, 0.717) is 5.92 Å². The van der Waals surface area contributed by atoms with Crippen molar-refractivity contribution in [3.05, 3.63) is 34.9 Å². The van der Waals surface area contributed by atoms with Gasteiger partial charge in [-0.25, -0.2) is 0 Å². The van der Waals surface area contributed by atoms with Crippen molar-refractivity contribution < 1.29 is 0 Å². The zero-order chi connectivity index (χ0) is 8.55. The van der Waals surface area contributed by atoms with E-state index >= 15 is 0 Å². The molecule has 0 spiro atoms. The Morgan fingerprint density at radius 2 is 2.25 bits per heavy atom. The number of fused-ring (bicyclic) bond motifs is 1. The van der Waals surface area contributed by atoms with E-state index in [-0.39, 0.29) is 0 Å². The molecule has 60 valence electrons. The summed E-state index contributed by atoms with van der Waals surface area (Å²) in [6.45, 7) is 4.38. The number of aryl methyl sites for hydroxylation is 1. The summed E-state index contributed by atoms with van der Waals surface area (Å²) >= 11 is 0. The molecule has 1 aromatic rings. The van der Waals surface area contributed by atoms with E-state index < -0.39 is 0 Å². The second kappa shape index (κ2) is 2.68. The van der Waals surface area contributed by atoms with E-state index in [9.17, 15) is 0 Å². The van der Waals surface area contributed by atoms with E-state index in [1.54, 1.807) is 0 Å². The molecule has 1 aromatic carbocycles. The van der Waals surface area contributed by atoms with Gasteiger partial charge in [-0.15, -0.1) is 0 Å². The first kappa shape index (κ1) is 7.43. The Morgan fingerprint density at radius 1 is 1.42 bits per heavy atom. The monoisotopic (exact) mass is 156 g/mol. The van der Waals surface area contributed by atoms with Gasteiger partial charge in [-0.1, -0.05) is 36.5 Å². The van der Waals surface area contributed by atoms with Crippen molar-refractivity contribution in [3.8, 4) is 11.8 Å². The molecule has 1 aliphatic rings. The van der Waals surface area contributed by atoms with Gasteiger partial charge in [-0.2, -0.15) is 0 Å². The summed E-state index contributed by atoms with van der Waals surface area (Å²) in [5.41, 5.74) is 3.98. The minimum Gasteiger partial charge on any atom is -0.0973 e. The molecule has 0 fully saturated rings. The first-order valence-electron chi connectivity index (χ1n) is 4.37. The lowest BCUT2D eigenvalue weighted by molar-refractivity contribution is 0.784. The third kappa shape index (κ3) is 1.12. The van der Waals surface area contributed by atoms with Crippen LogP contribution in [-0.2, 0) is 0 Å². The molecule has 1 atom stereocenters. The standard InChI is InChI=1S/C12H12/c1-9-6-7-11-5-3-4-10(2)12(11)8-9/h6-8,10H,4H2,1-2H3. The van der Waals surface area contributed by atoms with E-state index in [2.05, 4.69) is 43.9 Å². The molecule has 12 heavy (non-hydrogen) atoms. The number of hydrogen-bond acceptors (Lipinski definition) is 0. The molecule has 0 saturated heterocycles. The fraction of sp³-hybridized carbons (Fsp3) is 0.333. The third-order valence-electron chi connectivity index (χ3n) is 2.37. The summed E-state index contributed by atoms with van der Waals surface area (Å²) in [4.78, 5) is 0. The maximum Gasteiger partial charge on any atom is 0.0280 e. The quantitative estimate of drug-likeness (QED) is 0.507. The van der Waals surface area contributed by atoms with Gasteiger partial charge in [0.2, 0.25) is 0 Å². The highest BCUT2D eigenvalue weighted by molar-refractivity contribution is 5.47. The fourth-order valence-electron chi connectivity index (χ4n) is 1.61. The van der Waals surface area contributed by atoms with E-state index in [1.165, 1.54) is 16.7 Å². The molecular weight excluding hydrogens is 144 g/mol. The highest BCUT2D eigenvalue weighted by atomic mass is 14.1. The topological polar surface area (TPSA) is 0 Å². The average Bonchev–Trinajstić information content (AvgIpc) is 2.07. The van der Waals surface area contributed by atoms with Gasteiger partial charge in [-0.05, 0) is 24.5 Å². The number of hydrogen-bond donors (Lipinski definition) is 0. The van der Waals surface area contributed by atoms with Gasteiger partial charge in [0.25, 0.3) is 0 Å². The Hall–Kier alpha value is -1.22. The lowest BCUT2D eigenvalue weighted by Gasteiger charge is -2.14. The molecule has 0 aromatic heterocycles. The van der Waals surface area contributed by atoms with Gasteiger partial charge < -0.3 is 0 Å². The number of benzene rings is 1. The normalized spacial score (nSPS) is 19.3. The molecule has 0 N–H and O–H groups in total. The Bertz CT molecular complexity index is 363. The highest BCUT2D eigenvalue weighted by Gasteiger charge is 2.11. The van der Waals surface area contributed by atoms with Crippen molar-refractivity contribution >= 4 is 0 Å². The van der Waals surface area contributed by atoms with Crippen LogP contribution in [0.25, 0.3) is 0 Å². The van der Waals surface area contributed by atoms with Crippen LogP contribution in [0.2, 0.25) is 0 Å². The van der Waals surface area contributed by atoms with E-state index in [1.807, 2.05) is 0 Å². The van der Waals surface area contributed by atoms with Gasteiger partial charge in [-0.3, -0.25) is 0 Å². The van der Waals surface area contributed by atoms with Crippen LogP contribution in [0, 0.1) is 18.8 Å². The Kier molecular flexibility index (Phi) is 1.66. The summed E-state index contributed by atoms with van der Waals surface area (Å²) in [7, 11) is 0. The average molecular weight is 156 g/mol. The molecule has 0 radical (unpaired) electrons. The maximum absolute atomic E-state index is 3.17. The molecule has 0 aliphatic heterocycles. The molecule has 0 amide bonds. The summed E-state index contributed by atoms with van der Waals surface area (Å²) in [6.07, 6.45) is 1.01. The fourth-order valence-corrected chi connectivity index (χ4v) is 1.61. The number of rotatable bonds is 0. The van der Waals surface area contributed by atoms with Crippen LogP contribution in [0.3, 0.4) is 0 Å². The summed E-state index contributed by atoms with van der Waals surface area (Å²) in [5, 5.41) is 0. The SMILES string of the molecule is Cc1ccc2c(c1)C(C)CC#C2. The van der Waals surface area contributed by atoms with Crippen LogP contribution >= 0.6 is 0 Å². The van der Waals surface area contributed by atoms with Gasteiger partial charge in [0, 0.05) is 12.0 Å². The first-order chi connectivity index (χ1) is 5.77. The highest BCUT2D eigenvalue weighted by Crippen LogP contribution is 2.25. The molecule has 2 rings (SSSR count). The molecule has 0 saturated carbocycles. The summed E-state index contributed by atoms with van der Waals surface area (Å²) in [5.74, 6) is 6.94. The maximum atomic E-state index is 3.17. The third-order valence-corrected chi connectivity index (χ3v) is 2.37. The lowest BCUT2D eigenvalue weighted by atomic mass is 9.89. The Balaban J connectivity index is 2.60. The molecule has 1 aliphatic carbocycles. The van der Waals surface area contributed by atoms with Crippen molar-refractivity contribution in [2.45, 2.75) is 26.2 Å². The lowest BCUT2D eigenvalue weighted by Crippen LogP contribution is -2.00. The van der Waals surface area contributed by atoms with Crippen molar-refractivity contribution in [1.29, 1.82) is 0 Å². The minimum atomic E-state index is 0.612.